The molecule has 3 N–H and O–H groups in total. The Labute approximate surface area is 128 Å². The third kappa shape index (κ3) is 7.14. The molecule has 0 heterocycles. The van der Waals surface area contributed by atoms with Gasteiger partial charge in [0.2, 0.25) is 0 Å². The zero-order chi connectivity index (χ0) is 16.1. The molecule has 0 aromatic carbocycles. The maximum Gasteiger partial charge on any atom is 0.407 e. The van der Waals surface area contributed by atoms with Crippen molar-refractivity contribution in [3.05, 3.63) is 0 Å². The van der Waals surface area contributed by atoms with Crippen molar-refractivity contribution in [1.29, 1.82) is 0 Å². The molecule has 5 heteroatoms. The highest BCUT2D eigenvalue weighted by atomic mass is 16.6. The van der Waals surface area contributed by atoms with Gasteiger partial charge in [-0.3, -0.25) is 0 Å². The molecule has 0 saturated heterocycles. The second kappa shape index (κ2) is 7.45. The number of ether oxygens (including phenoxy) is 1. The zero-order valence-corrected chi connectivity index (χ0v) is 14.2. The van der Waals surface area contributed by atoms with E-state index >= 15 is 0 Å². The molecule has 0 aromatic heterocycles. The zero-order valence-electron chi connectivity index (χ0n) is 14.2. The van der Waals surface area contributed by atoms with E-state index in [4.69, 9.17) is 4.74 Å². The molecule has 1 amide bonds. The van der Waals surface area contributed by atoms with Gasteiger partial charge < -0.3 is 20.5 Å². The molecule has 1 aliphatic rings. The van der Waals surface area contributed by atoms with Crippen molar-refractivity contribution in [2.45, 2.75) is 65.1 Å². The summed E-state index contributed by atoms with van der Waals surface area (Å²) < 4.78 is 5.24. The summed E-state index contributed by atoms with van der Waals surface area (Å²) in [5.41, 5.74) is -0.969. The van der Waals surface area contributed by atoms with E-state index in [1.54, 1.807) is 0 Å². The lowest BCUT2D eigenvalue weighted by Gasteiger charge is -2.37. The molecule has 1 atom stereocenters. The number of aliphatic hydroxyl groups is 1. The van der Waals surface area contributed by atoms with E-state index in [-0.39, 0.29) is 6.09 Å². The van der Waals surface area contributed by atoms with E-state index in [1.165, 1.54) is 0 Å². The second-order valence-corrected chi connectivity index (χ2v) is 7.60. The van der Waals surface area contributed by atoms with Crippen LogP contribution in [-0.2, 0) is 4.74 Å². The third-order valence-corrected chi connectivity index (χ3v) is 4.00. The van der Waals surface area contributed by atoms with Gasteiger partial charge in [0, 0.05) is 13.1 Å². The van der Waals surface area contributed by atoms with Crippen LogP contribution in [0.3, 0.4) is 0 Å². The van der Waals surface area contributed by atoms with Crippen LogP contribution in [0.15, 0.2) is 0 Å². The van der Waals surface area contributed by atoms with Gasteiger partial charge in [0.25, 0.3) is 0 Å². The molecule has 1 unspecified atom stereocenters. The molecule has 0 aromatic rings. The summed E-state index contributed by atoms with van der Waals surface area (Å²) in [7, 11) is 0. The average molecular weight is 300 g/mol. The van der Waals surface area contributed by atoms with Gasteiger partial charge >= 0.3 is 6.09 Å². The first-order valence-electron chi connectivity index (χ1n) is 8.01. The molecule has 0 bridgehead atoms. The van der Waals surface area contributed by atoms with Crippen molar-refractivity contribution in [3.63, 3.8) is 0 Å². The highest BCUT2D eigenvalue weighted by Crippen LogP contribution is 2.30. The van der Waals surface area contributed by atoms with Gasteiger partial charge in [-0.2, -0.15) is 0 Å². The van der Waals surface area contributed by atoms with Gasteiger partial charge in [-0.15, -0.1) is 0 Å². The van der Waals surface area contributed by atoms with Crippen LogP contribution in [0.2, 0.25) is 0 Å². The molecular formula is C16H32N2O3. The molecule has 0 radical (unpaired) electrons. The second-order valence-electron chi connectivity index (χ2n) is 7.60. The fourth-order valence-corrected chi connectivity index (χ4v) is 2.32. The number of rotatable bonds is 7. The van der Waals surface area contributed by atoms with Crippen LogP contribution in [-0.4, -0.2) is 42.0 Å². The van der Waals surface area contributed by atoms with Crippen LogP contribution in [0.25, 0.3) is 0 Å². The summed E-state index contributed by atoms with van der Waals surface area (Å²) in [4.78, 5) is 11.7. The number of hydrogen-bond acceptors (Lipinski definition) is 4. The Morgan fingerprint density at radius 1 is 1.29 bits per heavy atom. The molecule has 1 rings (SSSR count). The van der Waals surface area contributed by atoms with Crippen LogP contribution >= 0.6 is 0 Å². The molecule has 0 aliphatic heterocycles. The van der Waals surface area contributed by atoms with E-state index < -0.39 is 11.2 Å². The standard InChI is InChI=1S/C16H32N2O3/c1-12(2)13(9-17-11-16(20)7-6-8-16)10-18-14(19)21-15(3,4)5/h12-13,17,20H,6-11H2,1-5H3,(H,18,19). The van der Waals surface area contributed by atoms with Crippen LogP contribution < -0.4 is 10.6 Å². The number of carbonyl (C=O) groups excluding carboxylic acids is 1. The summed E-state index contributed by atoms with van der Waals surface area (Å²) in [5, 5.41) is 16.2. The van der Waals surface area contributed by atoms with E-state index in [0.29, 0.717) is 24.9 Å². The fraction of sp³-hybridized carbons (Fsp3) is 0.938. The van der Waals surface area contributed by atoms with E-state index in [9.17, 15) is 9.90 Å². The lowest BCUT2D eigenvalue weighted by molar-refractivity contribution is -0.0320. The van der Waals surface area contributed by atoms with Crippen molar-refractivity contribution in [2.75, 3.05) is 19.6 Å². The minimum absolute atomic E-state index is 0.321. The number of hydrogen-bond donors (Lipinski definition) is 3. The first kappa shape index (κ1) is 18.2. The number of amides is 1. The molecule has 124 valence electrons. The minimum Gasteiger partial charge on any atom is -0.444 e. The summed E-state index contributed by atoms with van der Waals surface area (Å²) in [6.45, 7) is 11.9. The minimum atomic E-state index is -0.500. The fourth-order valence-electron chi connectivity index (χ4n) is 2.32. The van der Waals surface area contributed by atoms with Gasteiger partial charge in [0.15, 0.2) is 0 Å². The van der Waals surface area contributed by atoms with Crippen LogP contribution in [0.4, 0.5) is 4.79 Å². The summed E-state index contributed by atoms with van der Waals surface area (Å²) >= 11 is 0. The Hall–Kier alpha value is -0.810. The maximum atomic E-state index is 11.7. The third-order valence-electron chi connectivity index (χ3n) is 4.00. The predicted molar refractivity (Wildman–Crippen MR) is 84.2 cm³/mol. The van der Waals surface area contributed by atoms with Gasteiger partial charge in [-0.1, -0.05) is 13.8 Å². The first-order chi connectivity index (χ1) is 9.61. The first-order valence-corrected chi connectivity index (χ1v) is 8.01. The average Bonchev–Trinajstić information content (AvgIpc) is 2.28. The predicted octanol–water partition coefficient (Wildman–Crippen LogP) is 2.29. The molecule has 1 aliphatic carbocycles. The highest BCUT2D eigenvalue weighted by molar-refractivity contribution is 5.67. The van der Waals surface area contributed by atoms with Crippen LogP contribution in [0.5, 0.6) is 0 Å². The van der Waals surface area contributed by atoms with E-state index in [1.807, 2.05) is 20.8 Å². The van der Waals surface area contributed by atoms with Gasteiger partial charge in [-0.25, -0.2) is 4.79 Å². The monoisotopic (exact) mass is 300 g/mol. The summed E-state index contributed by atoms with van der Waals surface area (Å²) in [6.07, 6.45) is 2.53. The van der Waals surface area contributed by atoms with Gasteiger partial charge in [0.1, 0.15) is 5.60 Å². The largest absolute Gasteiger partial charge is 0.444 e. The Morgan fingerprint density at radius 2 is 1.90 bits per heavy atom. The summed E-state index contributed by atoms with van der Waals surface area (Å²) in [6, 6.07) is 0. The summed E-state index contributed by atoms with van der Waals surface area (Å²) in [5.74, 6) is 0.768. The van der Waals surface area contributed by atoms with Crippen molar-refractivity contribution >= 4 is 6.09 Å². The molecule has 5 nitrogen and oxygen atoms in total. The van der Waals surface area contributed by atoms with Crippen molar-refractivity contribution in [2.24, 2.45) is 11.8 Å². The molecule has 1 fully saturated rings. The molecule has 1 saturated carbocycles. The SMILES string of the molecule is CC(C)C(CNCC1(O)CCC1)CNC(=O)OC(C)(C)C. The van der Waals surface area contributed by atoms with Crippen LogP contribution in [0.1, 0.15) is 53.9 Å². The van der Waals surface area contributed by atoms with Crippen molar-refractivity contribution in [3.8, 4) is 0 Å². The Bertz CT molecular complexity index is 333. The Balaban J connectivity index is 2.27. The Morgan fingerprint density at radius 3 is 2.33 bits per heavy atom. The number of alkyl carbamates (subject to hydrolysis) is 1. The maximum absolute atomic E-state index is 11.7. The smallest absolute Gasteiger partial charge is 0.407 e. The highest BCUT2D eigenvalue weighted by Gasteiger charge is 2.33. The van der Waals surface area contributed by atoms with E-state index in [2.05, 4.69) is 24.5 Å². The lowest BCUT2D eigenvalue weighted by atomic mass is 9.80. The number of carbonyl (C=O) groups is 1. The Kier molecular flexibility index (Phi) is 6.47. The normalized spacial score (nSPS) is 19.0. The molecular weight excluding hydrogens is 268 g/mol. The van der Waals surface area contributed by atoms with Crippen LogP contribution in [0, 0.1) is 11.8 Å². The topological polar surface area (TPSA) is 70.6 Å². The molecule has 0 spiro atoms. The van der Waals surface area contributed by atoms with Crippen molar-refractivity contribution < 1.29 is 14.6 Å². The van der Waals surface area contributed by atoms with E-state index in [0.717, 1.165) is 25.8 Å². The van der Waals surface area contributed by atoms with Crippen molar-refractivity contribution in [1.82, 2.24) is 10.6 Å². The lowest BCUT2D eigenvalue weighted by Crippen LogP contribution is -2.48. The molecule has 21 heavy (non-hydrogen) atoms. The van der Waals surface area contributed by atoms with Gasteiger partial charge in [0.05, 0.1) is 5.60 Å². The van der Waals surface area contributed by atoms with Gasteiger partial charge in [-0.05, 0) is 58.4 Å². The number of nitrogens with one attached hydrogen (secondary N) is 2. The quantitative estimate of drug-likeness (QED) is 0.674.